The summed E-state index contributed by atoms with van der Waals surface area (Å²) in [5.74, 6) is -1.06. The number of aromatic nitrogens is 1. The first-order valence-corrected chi connectivity index (χ1v) is 14.8. The van der Waals surface area contributed by atoms with Crippen LogP contribution >= 0.6 is 11.3 Å². The molecule has 43 heavy (non-hydrogen) atoms. The largest absolute Gasteiger partial charge is 0.490 e. The third-order valence-corrected chi connectivity index (χ3v) is 8.07. The van der Waals surface area contributed by atoms with E-state index in [1.807, 2.05) is 6.92 Å². The summed E-state index contributed by atoms with van der Waals surface area (Å²) in [5.41, 5.74) is 0.435. The molecule has 1 aliphatic heterocycles. The number of anilines is 1. The van der Waals surface area contributed by atoms with E-state index in [0.29, 0.717) is 36.0 Å². The number of hydrogen-bond acceptors (Lipinski definition) is 9. The number of hydrogen-bond donors (Lipinski definition) is 0. The molecule has 0 radical (unpaired) electrons. The fourth-order valence-electron chi connectivity index (χ4n) is 4.95. The van der Waals surface area contributed by atoms with Gasteiger partial charge in [-0.2, -0.15) is 0 Å². The Kier molecular flexibility index (Phi) is 8.91. The Hall–Kier alpha value is -4.51. The number of ether oxygens (including phenoxy) is 3. The fraction of sp³-hybridized carbons (Fsp3) is 0.312. The lowest BCUT2D eigenvalue weighted by Crippen LogP contribution is -2.29. The van der Waals surface area contributed by atoms with Crippen LogP contribution in [0, 0.1) is 12.7 Å². The molecule has 4 aromatic rings. The minimum absolute atomic E-state index is 0.00307. The van der Waals surface area contributed by atoms with Crippen molar-refractivity contribution in [2.24, 2.45) is 0 Å². The highest BCUT2D eigenvalue weighted by Gasteiger charge is 2.45. The molecule has 11 heteroatoms. The van der Waals surface area contributed by atoms with Crippen LogP contribution in [0.5, 0.6) is 11.5 Å². The van der Waals surface area contributed by atoms with Crippen molar-refractivity contribution in [2.75, 3.05) is 24.7 Å². The second-order valence-electron chi connectivity index (χ2n) is 9.89. The van der Waals surface area contributed by atoms with E-state index in [0.717, 1.165) is 42.7 Å². The molecule has 0 spiro atoms. The smallest absolute Gasteiger partial charge is 0.350 e. The monoisotopic (exact) mass is 606 g/mol. The van der Waals surface area contributed by atoms with Crippen molar-refractivity contribution in [3.05, 3.63) is 92.6 Å². The van der Waals surface area contributed by atoms with E-state index in [2.05, 4.69) is 18.5 Å². The Morgan fingerprint density at radius 3 is 2.70 bits per heavy atom. The highest BCUT2D eigenvalue weighted by atomic mass is 32.1. The third-order valence-electron chi connectivity index (χ3n) is 6.93. The van der Waals surface area contributed by atoms with E-state index >= 15 is 0 Å². The number of thiazole rings is 1. The van der Waals surface area contributed by atoms with Gasteiger partial charge in [-0.15, -0.1) is 0 Å². The first-order valence-electron chi connectivity index (χ1n) is 14.0. The number of amides is 1. The number of carbonyl (C=O) groups excluding carboxylic acids is 2. The van der Waals surface area contributed by atoms with Gasteiger partial charge in [-0.1, -0.05) is 49.8 Å². The zero-order chi connectivity index (χ0) is 30.7. The molecule has 5 rings (SSSR count). The maximum Gasteiger partial charge on any atom is 0.350 e. The van der Waals surface area contributed by atoms with E-state index in [4.69, 9.17) is 18.6 Å². The van der Waals surface area contributed by atoms with Crippen LogP contribution in [0.3, 0.4) is 0 Å². The van der Waals surface area contributed by atoms with Gasteiger partial charge in [-0.05, 0) is 56.2 Å². The Morgan fingerprint density at radius 1 is 1.14 bits per heavy atom. The molecule has 0 bridgehead atoms. The highest BCUT2D eigenvalue weighted by Crippen LogP contribution is 2.45. The molecule has 0 aliphatic carbocycles. The van der Waals surface area contributed by atoms with Gasteiger partial charge in [0, 0.05) is 0 Å². The second kappa shape index (κ2) is 12.8. The Bertz CT molecular complexity index is 1760. The molecule has 0 fully saturated rings. The Balaban J connectivity index is 1.67. The summed E-state index contributed by atoms with van der Waals surface area (Å²) >= 11 is 0.959. The molecule has 3 heterocycles. The van der Waals surface area contributed by atoms with Crippen LogP contribution < -0.4 is 19.8 Å². The SMILES string of the molecule is C=CCOC(=O)c1sc(N2C(=O)c3oc4ccc(F)cc4c(=O)c3C2c2ccc(OCCCCC)c(OCC)c2)nc1C. The van der Waals surface area contributed by atoms with Crippen molar-refractivity contribution >= 4 is 39.3 Å². The van der Waals surface area contributed by atoms with E-state index in [1.54, 1.807) is 25.1 Å². The van der Waals surface area contributed by atoms with Crippen LogP contribution in [0.2, 0.25) is 0 Å². The molecule has 1 aliphatic rings. The fourth-order valence-corrected chi connectivity index (χ4v) is 5.94. The average molecular weight is 607 g/mol. The molecule has 2 aromatic carbocycles. The minimum Gasteiger partial charge on any atom is -0.490 e. The highest BCUT2D eigenvalue weighted by molar-refractivity contribution is 7.17. The number of rotatable bonds is 12. The average Bonchev–Trinajstić information content (AvgIpc) is 3.52. The van der Waals surface area contributed by atoms with Crippen molar-refractivity contribution in [3.63, 3.8) is 0 Å². The lowest BCUT2D eigenvalue weighted by molar-refractivity contribution is 0.0554. The van der Waals surface area contributed by atoms with Gasteiger partial charge < -0.3 is 18.6 Å². The zero-order valence-electron chi connectivity index (χ0n) is 24.1. The number of unbranched alkanes of at least 4 members (excludes halogenated alkanes) is 2. The number of nitrogens with zero attached hydrogens (tertiary/aromatic N) is 2. The standard InChI is InChI=1S/C32H31FN2O7S/c1-5-8-9-15-40-23-12-10-19(16-24(23)39-7-3)26-25-27(36)21-17-20(33)11-13-22(21)42-28(25)30(37)35(26)32-34-18(4)29(43-32)31(38)41-14-6-2/h6,10-13,16-17,26H,2,5,7-9,14-15H2,1,3-4H3. The van der Waals surface area contributed by atoms with Gasteiger partial charge in [-0.25, -0.2) is 14.2 Å². The summed E-state index contributed by atoms with van der Waals surface area (Å²) in [6, 6.07) is 7.75. The Labute approximate surface area is 251 Å². The predicted octanol–water partition coefficient (Wildman–Crippen LogP) is 6.76. The van der Waals surface area contributed by atoms with Gasteiger partial charge in [0.2, 0.25) is 5.76 Å². The molecule has 9 nitrogen and oxygen atoms in total. The number of carbonyl (C=O) groups is 2. The first kappa shape index (κ1) is 30.0. The molecular weight excluding hydrogens is 575 g/mol. The summed E-state index contributed by atoms with van der Waals surface area (Å²) in [4.78, 5) is 46.6. The van der Waals surface area contributed by atoms with Gasteiger partial charge in [-0.3, -0.25) is 14.5 Å². The molecule has 224 valence electrons. The lowest BCUT2D eigenvalue weighted by Gasteiger charge is -2.23. The maximum atomic E-state index is 14.2. The van der Waals surface area contributed by atoms with Crippen molar-refractivity contribution in [3.8, 4) is 11.5 Å². The van der Waals surface area contributed by atoms with Gasteiger partial charge >= 0.3 is 5.97 Å². The molecule has 0 saturated carbocycles. The minimum atomic E-state index is -1.01. The number of fused-ring (bicyclic) bond motifs is 2. The second-order valence-corrected chi connectivity index (χ2v) is 10.9. The van der Waals surface area contributed by atoms with Gasteiger partial charge in [0.15, 0.2) is 22.1 Å². The van der Waals surface area contributed by atoms with Crippen LogP contribution in [-0.2, 0) is 4.74 Å². The topological polar surface area (TPSA) is 108 Å². The van der Waals surface area contributed by atoms with Crippen molar-refractivity contribution in [1.29, 1.82) is 0 Å². The predicted molar refractivity (Wildman–Crippen MR) is 161 cm³/mol. The molecular formula is C32H31FN2O7S. The van der Waals surface area contributed by atoms with E-state index in [-0.39, 0.29) is 38.9 Å². The molecule has 2 aromatic heterocycles. The molecule has 0 N–H and O–H groups in total. The van der Waals surface area contributed by atoms with Crippen LogP contribution in [0.15, 0.2) is 58.3 Å². The van der Waals surface area contributed by atoms with Crippen molar-refractivity contribution in [2.45, 2.75) is 46.1 Å². The lowest BCUT2D eigenvalue weighted by atomic mass is 9.98. The van der Waals surface area contributed by atoms with Crippen molar-refractivity contribution < 1.29 is 32.6 Å². The molecule has 1 amide bonds. The number of aryl methyl sites for hydroxylation is 1. The zero-order valence-corrected chi connectivity index (χ0v) is 24.9. The van der Waals surface area contributed by atoms with E-state index in [1.165, 1.54) is 17.0 Å². The number of benzene rings is 2. The third kappa shape index (κ3) is 5.77. The summed E-state index contributed by atoms with van der Waals surface area (Å²) in [7, 11) is 0. The van der Waals surface area contributed by atoms with E-state index in [9.17, 15) is 18.8 Å². The molecule has 1 unspecified atom stereocenters. The van der Waals surface area contributed by atoms with Crippen LogP contribution in [0.4, 0.5) is 9.52 Å². The number of esters is 1. The van der Waals surface area contributed by atoms with Crippen LogP contribution in [-0.4, -0.2) is 36.7 Å². The van der Waals surface area contributed by atoms with Crippen LogP contribution in [0.1, 0.15) is 76.2 Å². The van der Waals surface area contributed by atoms with Gasteiger partial charge in [0.05, 0.1) is 35.9 Å². The first-order chi connectivity index (χ1) is 20.8. The van der Waals surface area contributed by atoms with Gasteiger partial charge in [0.1, 0.15) is 22.9 Å². The van der Waals surface area contributed by atoms with Crippen LogP contribution in [0.25, 0.3) is 11.0 Å². The number of halogens is 1. The normalized spacial score (nSPS) is 14.2. The Morgan fingerprint density at radius 2 is 1.95 bits per heavy atom. The summed E-state index contributed by atoms with van der Waals surface area (Å²) in [5, 5.41) is 0.167. The quantitative estimate of drug-likeness (QED) is 0.0989. The summed E-state index contributed by atoms with van der Waals surface area (Å²) in [6.45, 7) is 10.0. The van der Waals surface area contributed by atoms with Gasteiger partial charge in [0.25, 0.3) is 5.91 Å². The van der Waals surface area contributed by atoms with Crippen molar-refractivity contribution in [1.82, 2.24) is 4.98 Å². The summed E-state index contributed by atoms with van der Waals surface area (Å²) < 4.78 is 37.2. The summed E-state index contributed by atoms with van der Waals surface area (Å²) in [6.07, 6.45) is 4.41. The van der Waals surface area contributed by atoms with E-state index < -0.39 is 29.2 Å². The molecule has 1 atom stereocenters. The molecule has 0 saturated heterocycles. The maximum absolute atomic E-state index is 14.2.